The van der Waals surface area contributed by atoms with Crippen LogP contribution in [0.15, 0.2) is 18.2 Å². The Balaban J connectivity index is 1.64. The van der Waals surface area contributed by atoms with Gasteiger partial charge in [0.05, 0.1) is 19.3 Å². The molecule has 103 valence electrons. The van der Waals surface area contributed by atoms with Gasteiger partial charge in [-0.05, 0) is 17.7 Å². The number of hydrogen-bond donors (Lipinski definition) is 1. The van der Waals surface area contributed by atoms with Crippen LogP contribution in [0.5, 0.6) is 0 Å². The maximum atomic E-state index is 9.97. The molecule has 4 nitrogen and oxygen atoms in total. The molecule has 1 aromatic rings. The molecule has 1 radical (unpaired) electrons. The number of aliphatic hydroxyl groups excluding tert-OH is 1. The van der Waals surface area contributed by atoms with Crippen molar-refractivity contribution in [2.24, 2.45) is 0 Å². The molecule has 4 heteroatoms. The molecule has 1 N–H and O–H groups in total. The average molecular weight is 261 g/mol. The van der Waals surface area contributed by atoms with Crippen LogP contribution in [-0.4, -0.2) is 62.0 Å². The molecular weight excluding hydrogens is 240 g/mol. The van der Waals surface area contributed by atoms with Gasteiger partial charge in [-0.25, -0.2) is 0 Å². The Morgan fingerprint density at radius 3 is 3.00 bits per heavy atom. The summed E-state index contributed by atoms with van der Waals surface area (Å²) in [6, 6.07) is 9.34. The van der Waals surface area contributed by atoms with Gasteiger partial charge in [-0.3, -0.25) is 4.90 Å². The van der Waals surface area contributed by atoms with Crippen molar-refractivity contribution in [2.45, 2.75) is 12.5 Å². The van der Waals surface area contributed by atoms with E-state index in [0.29, 0.717) is 0 Å². The summed E-state index contributed by atoms with van der Waals surface area (Å²) in [5.74, 6) is 0. The van der Waals surface area contributed by atoms with Crippen molar-refractivity contribution in [3.05, 3.63) is 29.8 Å². The number of aliphatic hydroxyl groups is 1. The number of fused-ring (bicyclic) bond motifs is 1. The molecule has 1 fully saturated rings. The first kappa shape index (κ1) is 12.9. The third-order valence-corrected chi connectivity index (χ3v) is 3.92. The Hall–Kier alpha value is -1.10. The zero-order valence-electron chi connectivity index (χ0n) is 11.2. The van der Waals surface area contributed by atoms with E-state index in [1.807, 2.05) is 12.1 Å². The molecule has 1 aromatic carbocycles. The van der Waals surface area contributed by atoms with Crippen molar-refractivity contribution in [3.8, 4) is 0 Å². The Kier molecular flexibility index (Phi) is 4.01. The van der Waals surface area contributed by atoms with Crippen LogP contribution in [0.25, 0.3) is 0 Å². The molecule has 0 aromatic heterocycles. The SMILES string of the molecule is OC1Cc2[c]cccc2N(CCN2CCOCC2)C1. The fraction of sp³-hybridized carbons (Fsp3) is 0.600. The van der Waals surface area contributed by atoms with Gasteiger partial charge in [-0.15, -0.1) is 0 Å². The zero-order valence-corrected chi connectivity index (χ0v) is 11.2. The van der Waals surface area contributed by atoms with Crippen LogP contribution in [0, 0.1) is 6.07 Å². The van der Waals surface area contributed by atoms with E-state index < -0.39 is 0 Å². The van der Waals surface area contributed by atoms with Gasteiger partial charge in [0.25, 0.3) is 0 Å². The number of ether oxygens (including phenoxy) is 1. The number of anilines is 1. The predicted octanol–water partition coefficient (Wildman–Crippen LogP) is 0.542. The summed E-state index contributed by atoms with van der Waals surface area (Å²) in [4.78, 5) is 4.71. The largest absolute Gasteiger partial charge is 0.391 e. The smallest absolute Gasteiger partial charge is 0.0756 e. The quantitative estimate of drug-likeness (QED) is 0.861. The van der Waals surface area contributed by atoms with E-state index in [0.717, 1.165) is 57.9 Å². The van der Waals surface area contributed by atoms with Crippen molar-refractivity contribution >= 4 is 5.69 Å². The molecule has 0 amide bonds. The van der Waals surface area contributed by atoms with Gasteiger partial charge < -0.3 is 14.7 Å². The molecule has 2 heterocycles. The van der Waals surface area contributed by atoms with Crippen LogP contribution < -0.4 is 4.90 Å². The van der Waals surface area contributed by atoms with E-state index in [1.54, 1.807) is 0 Å². The van der Waals surface area contributed by atoms with E-state index in [-0.39, 0.29) is 6.10 Å². The average Bonchev–Trinajstić information content (AvgIpc) is 2.45. The third-order valence-electron chi connectivity index (χ3n) is 3.92. The Labute approximate surface area is 114 Å². The predicted molar refractivity (Wildman–Crippen MR) is 74.5 cm³/mol. The summed E-state index contributed by atoms with van der Waals surface area (Å²) in [6.07, 6.45) is 0.459. The second kappa shape index (κ2) is 5.90. The summed E-state index contributed by atoms with van der Waals surface area (Å²) < 4.78 is 5.36. The number of β-amino-alcohol motifs (C(OH)–C–C–N with tert-alkyl or cyclic N) is 1. The molecule has 1 atom stereocenters. The van der Waals surface area contributed by atoms with Gasteiger partial charge in [0.15, 0.2) is 0 Å². The zero-order chi connectivity index (χ0) is 13.1. The highest BCUT2D eigenvalue weighted by Crippen LogP contribution is 2.26. The number of morpholine rings is 1. The van der Waals surface area contributed by atoms with Gasteiger partial charge in [-0.1, -0.05) is 12.1 Å². The molecule has 2 aliphatic rings. The van der Waals surface area contributed by atoms with Gasteiger partial charge in [0.1, 0.15) is 0 Å². The lowest BCUT2D eigenvalue weighted by Gasteiger charge is -2.36. The van der Waals surface area contributed by atoms with Crippen LogP contribution in [0.2, 0.25) is 0 Å². The van der Waals surface area contributed by atoms with Crippen molar-refractivity contribution in [1.29, 1.82) is 0 Å². The molecule has 2 aliphatic heterocycles. The maximum absolute atomic E-state index is 9.97. The highest BCUT2D eigenvalue weighted by molar-refractivity contribution is 5.55. The van der Waals surface area contributed by atoms with Crippen LogP contribution in [-0.2, 0) is 11.2 Å². The molecule has 0 aliphatic carbocycles. The Bertz CT molecular complexity index is 418. The lowest BCUT2D eigenvalue weighted by atomic mass is 10.00. The highest BCUT2D eigenvalue weighted by Gasteiger charge is 2.23. The fourth-order valence-electron chi connectivity index (χ4n) is 2.87. The summed E-state index contributed by atoms with van der Waals surface area (Å²) >= 11 is 0. The normalized spacial score (nSPS) is 24.3. The molecule has 0 spiro atoms. The minimum absolute atomic E-state index is 0.268. The van der Waals surface area contributed by atoms with Gasteiger partial charge in [-0.2, -0.15) is 0 Å². The molecule has 1 unspecified atom stereocenters. The van der Waals surface area contributed by atoms with Crippen molar-refractivity contribution in [2.75, 3.05) is 50.8 Å². The molecule has 3 rings (SSSR count). The monoisotopic (exact) mass is 261 g/mol. The second-order valence-corrected chi connectivity index (χ2v) is 5.29. The number of hydrogen-bond acceptors (Lipinski definition) is 4. The topological polar surface area (TPSA) is 35.9 Å². The number of rotatable bonds is 3. The van der Waals surface area contributed by atoms with E-state index in [2.05, 4.69) is 21.9 Å². The number of nitrogens with zero attached hydrogens (tertiary/aromatic N) is 2. The van der Waals surface area contributed by atoms with E-state index in [9.17, 15) is 5.11 Å². The second-order valence-electron chi connectivity index (χ2n) is 5.29. The Morgan fingerprint density at radius 2 is 2.16 bits per heavy atom. The van der Waals surface area contributed by atoms with Gasteiger partial charge in [0, 0.05) is 44.8 Å². The van der Waals surface area contributed by atoms with E-state index in [1.165, 1.54) is 5.69 Å². The van der Waals surface area contributed by atoms with Crippen LogP contribution in [0.4, 0.5) is 5.69 Å². The van der Waals surface area contributed by atoms with Crippen molar-refractivity contribution in [3.63, 3.8) is 0 Å². The molecular formula is C15H21N2O2. The lowest BCUT2D eigenvalue weighted by Crippen LogP contribution is -2.45. The Morgan fingerprint density at radius 1 is 1.32 bits per heavy atom. The first-order valence-corrected chi connectivity index (χ1v) is 7.05. The van der Waals surface area contributed by atoms with Crippen molar-refractivity contribution < 1.29 is 9.84 Å². The first-order valence-electron chi connectivity index (χ1n) is 7.05. The van der Waals surface area contributed by atoms with Crippen molar-refractivity contribution in [1.82, 2.24) is 4.90 Å². The summed E-state index contributed by atoms with van der Waals surface area (Å²) in [7, 11) is 0. The van der Waals surface area contributed by atoms with Gasteiger partial charge >= 0.3 is 0 Å². The van der Waals surface area contributed by atoms with Crippen LogP contribution in [0.3, 0.4) is 0 Å². The fourth-order valence-corrected chi connectivity index (χ4v) is 2.87. The van der Waals surface area contributed by atoms with Gasteiger partial charge in [0.2, 0.25) is 0 Å². The summed E-state index contributed by atoms with van der Waals surface area (Å²) in [6.45, 7) is 6.44. The molecule has 0 saturated carbocycles. The molecule has 1 saturated heterocycles. The maximum Gasteiger partial charge on any atom is 0.0756 e. The summed E-state index contributed by atoms with van der Waals surface area (Å²) in [5.41, 5.74) is 2.38. The lowest BCUT2D eigenvalue weighted by molar-refractivity contribution is 0.0388. The summed E-state index contributed by atoms with van der Waals surface area (Å²) in [5, 5.41) is 9.97. The van der Waals surface area contributed by atoms with Crippen LogP contribution in [0.1, 0.15) is 5.56 Å². The van der Waals surface area contributed by atoms with E-state index >= 15 is 0 Å². The first-order chi connectivity index (χ1) is 9.33. The van der Waals surface area contributed by atoms with E-state index in [4.69, 9.17) is 4.74 Å². The number of benzene rings is 1. The third kappa shape index (κ3) is 3.08. The van der Waals surface area contributed by atoms with Crippen LogP contribution >= 0.6 is 0 Å². The minimum Gasteiger partial charge on any atom is -0.391 e. The molecule has 0 bridgehead atoms. The molecule has 19 heavy (non-hydrogen) atoms. The highest BCUT2D eigenvalue weighted by atomic mass is 16.5. The standard InChI is InChI=1S/C15H21N2O2/c18-14-11-13-3-1-2-4-15(13)17(12-14)6-5-16-7-9-19-10-8-16/h1-2,4,14,18H,5-12H2. The minimum atomic E-state index is -0.268.